The number of ketones is 1. The van der Waals surface area contributed by atoms with Crippen LogP contribution in [0.3, 0.4) is 0 Å². The molecule has 2 aromatic rings. The summed E-state index contributed by atoms with van der Waals surface area (Å²) in [7, 11) is 1.58. The van der Waals surface area contributed by atoms with Crippen molar-refractivity contribution >= 4 is 28.9 Å². The van der Waals surface area contributed by atoms with Gasteiger partial charge in [0.2, 0.25) is 5.78 Å². The van der Waals surface area contributed by atoms with Gasteiger partial charge in [0.15, 0.2) is 0 Å². The van der Waals surface area contributed by atoms with E-state index in [1.807, 2.05) is 0 Å². The quantitative estimate of drug-likeness (QED) is 0.767. The summed E-state index contributed by atoms with van der Waals surface area (Å²) in [6.45, 7) is 0.912. The molecule has 2 aromatic heterocycles. The molecule has 0 aromatic carbocycles. The van der Waals surface area contributed by atoms with E-state index in [1.54, 1.807) is 12.5 Å². The fourth-order valence-electron chi connectivity index (χ4n) is 1.32. The Labute approximate surface area is 106 Å². The fraction of sp³-hybridized carbons (Fsp3) is 0.333. The second-order valence-corrected chi connectivity index (χ2v) is 4.19. The molecule has 0 unspecified atom stereocenters. The van der Waals surface area contributed by atoms with E-state index in [-0.39, 0.29) is 11.5 Å². The van der Waals surface area contributed by atoms with Gasteiger partial charge in [-0.15, -0.1) is 5.10 Å². The van der Waals surface area contributed by atoms with E-state index < -0.39 is 0 Å². The zero-order valence-electron chi connectivity index (χ0n) is 8.96. The molecule has 17 heavy (non-hydrogen) atoms. The lowest BCUT2D eigenvalue weighted by Crippen LogP contribution is -2.15. The van der Waals surface area contributed by atoms with Gasteiger partial charge in [0, 0.05) is 12.5 Å². The van der Waals surface area contributed by atoms with Gasteiger partial charge in [-0.25, -0.2) is 0 Å². The van der Waals surface area contributed by atoms with Crippen LogP contribution in [0.2, 0.25) is 5.02 Å². The molecule has 6 nitrogen and oxygen atoms in total. The molecule has 0 saturated heterocycles. The third-order valence-electron chi connectivity index (χ3n) is 2.11. The van der Waals surface area contributed by atoms with Crippen LogP contribution in [0.1, 0.15) is 16.2 Å². The smallest absolute Gasteiger partial charge is 0.233 e. The predicted octanol–water partition coefficient (Wildman–Crippen LogP) is 1.27. The average molecular weight is 273 g/mol. The summed E-state index contributed by atoms with van der Waals surface area (Å²) in [5.74, 6) is -0.280. The van der Waals surface area contributed by atoms with Gasteiger partial charge in [-0.3, -0.25) is 9.48 Å². The Bertz CT molecular complexity index is 511. The third kappa shape index (κ3) is 2.51. The first-order chi connectivity index (χ1) is 8.24. The van der Waals surface area contributed by atoms with Crippen molar-refractivity contribution < 1.29 is 9.53 Å². The van der Waals surface area contributed by atoms with E-state index in [0.29, 0.717) is 23.9 Å². The minimum absolute atomic E-state index is 0.274. The summed E-state index contributed by atoms with van der Waals surface area (Å²) in [5, 5.41) is 9.63. The lowest BCUT2D eigenvalue weighted by atomic mass is 10.2. The van der Waals surface area contributed by atoms with E-state index in [1.165, 1.54) is 10.9 Å². The monoisotopic (exact) mass is 272 g/mol. The Morgan fingerprint density at radius 3 is 3.12 bits per heavy atom. The van der Waals surface area contributed by atoms with Crippen molar-refractivity contribution in [3.63, 3.8) is 0 Å². The molecule has 0 N–H and O–H groups in total. The normalized spacial score (nSPS) is 10.7. The van der Waals surface area contributed by atoms with Crippen LogP contribution in [0.15, 0.2) is 11.6 Å². The van der Waals surface area contributed by atoms with Crippen molar-refractivity contribution in [2.24, 2.45) is 0 Å². The second kappa shape index (κ2) is 5.35. The van der Waals surface area contributed by atoms with Gasteiger partial charge in [0.1, 0.15) is 11.4 Å². The van der Waals surface area contributed by atoms with Crippen molar-refractivity contribution in [2.75, 3.05) is 13.7 Å². The summed E-state index contributed by atoms with van der Waals surface area (Å²) in [5.41, 5.74) is 0.590. The highest BCUT2D eigenvalue weighted by molar-refractivity contribution is 7.03. The molecule has 0 aliphatic rings. The standard InChI is InChI=1S/C9H9ClN4O2S/c1-16-3-2-14-8(6(10)4-11-14)9(15)7-5-17-13-12-7/h4-5H,2-3H2,1H3. The Morgan fingerprint density at radius 2 is 2.47 bits per heavy atom. The van der Waals surface area contributed by atoms with Crippen LogP contribution in [0.4, 0.5) is 0 Å². The van der Waals surface area contributed by atoms with Gasteiger partial charge in [-0.1, -0.05) is 16.1 Å². The van der Waals surface area contributed by atoms with Crippen LogP contribution in [-0.2, 0) is 11.3 Å². The summed E-state index contributed by atoms with van der Waals surface area (Å²) >= 11 is 7.06. The molecule has 0 atom stereocenters. The molecular formula is C9H9ClN4O2S. The molecule has 2 heterocycles. The molecule has 0 saturated carbocycles. The van der Waals surface area contributed by atoms with Crippen molar-refractivity contribution in [1.29, 1.82) is 0 Å². The second-order valence-electron chi connectivity index (χ2n) is 3.18. The number of ether oxygens (including phenoxy) is 1. The summed E-state index contributed by atoms with van der Waals surface area (Å²) in [6.07, 6.45) is 1.43. The number of carbonyl (C=O) groups is 1. The first-order valence-corrected chi connectivity index (χ1v) is 5.97. The van der Waals surface area contributed by atoms with Gasteiger partial charge < -0.3 is 4.74 Å². The number of aromatic nitrogens is 4. The van der Waals surface area contributed by atoms with E-state index in [9.17, 15) is 4.79 Å². The summed E-state index contributed by atoms with van der Waals surface area (Å²) in [6, 6.07) is 0. The first-order valence-electron chi connectivity index (χ1n) is 4.76. The zero-order valence-corrected chi connectivity index (χ0v) is 10.5. The maximum absolute atomic E-state index is 12.1. The predicted molar refractivity (Wildman–Crippen MR) is 62.5 cm³/mol. The van der Waals surface area contributed by atoms with Gasteiger partial charge in [0.25, 0.3) is 0 Å². The Morgan fingerprint density at radius 1 is 1.65 bits per heavy atom. The molecule has 0 radical (unpaired) electrons. The van der Waals surface area contributed by atoms with Gasteiger partial charge >= 0.3 is 0 Å². The highest BCUT2D eigenvalue weighted by atomic mass is 35.5. The largest absolute Gasteiger partial charge is 0.383 e. The lowest BCUT2D eigenvalue weighted by molar-refractivity contribution is 0.102. The third-order valence-corrected chi connectivity index (χ3v) is 2.89. The highest BCUT2D eigenvalue weighted by Crippen LogP contribution is 2.18. The number of hydrogen-bond donors (Lipinski definition) is 0. The number of halogens is 1. The van der Waals surface area contributed by atoms with E-state index in [0.717, 1.165) is 11.5 Å². The molecule has 2 rings (SSSR count). The lowest BCUT2D eigenvalue weighted by Gasteiger charge is -2.04. The van der Waals surface area contributed by atoms with E-state index in [4.69, 9.17) is 16.3 Å². The van der Waals surface area contributed by atoms with Gasteiger partial charge in [-0.2, -0.15) is 5.10 Å². The Hall–Kier alpha value is -1.31. The summed E-state index contributed by atoms with van der Waals surface area (Å²) < 4.78 is 10.1. The molecule has 90 valence electrons. The van der Waals surface area contributed by atoms with Crippen molar-refractivity contribution in [3.05, 3.63) is 28.0 Å². The molecule has 0 spiro atoms. The Kier molecular flexibility index (Phi) is 3.82. The van der Waals surface area contributed by atoms with Crippen LogP contribution in [0.5, 0.6) is 0 Å². The van der Waals surface area contributed by atoms with Gasteiger partial charge in [-0.05, 0) is 11.5 Å². The maximum atomic E-state index is 12.1. The molecule has 0 aliphatic heterocycles. The SMILES string of the molecule is COCCn1ncc(Cl)c1C(=O)c1csnn1. The number of carbonyl (C=O) groups excluding carboxylic acids is 1. The highest BCUT2D eigenvalue weighted by Gasteiger charge is 2.20. The molecular weight excluding hydrogens is 264 g/mol. The molecule has 8 heteroatoms. The van der Waals surface area contributed by atoms with E-state index >= 15 is 0 Å². The van der Waals surface area contributed by atoms with Crippen molar-refractivity contribution in [3.8, 4) is 0 Å². The molecule has 0 bridgehead atoms. The topological polar surface area (TPSA) is 69.9 Å². The average Bonchev–Trinajstić information content (AvgIpc) is 2.95. The molecule has 0 fully saturated rings. The zero-order chi connectivity index (χ0) is 12.3. The van der Waals surface area contributed by atoms with Crippen LogP contribution in [0, 0.1) is 0 Å². The van der Waals surface area contributed by atoms with Crippen LogP contribution in [0.25, 0.3) is 0 Å². The van der Waals surface area contributed by atoms with Gasteiger partial charge in [0.05, 0.1) is 24.4 Å². The van der Waals surface area contributed by atoms with Crippen LogP contribution >= 0.6 is 23.1 Å². The van der Waals surface area contributed by atoms with Crippen LogP contribution in [-0.4, -0.2) is 38.9 Å². The summed E-state index contributed by atoms with van der Waals surface area (Å²) in [4.78, 5) is 12.1. The minimum atomic E-state index is -0.280. The van der Waals surface area contributed by atoms with Crippen molar-refractivity contribution in [2.45, 2.75) is 6.54 Å². The fourth-order valence-corrected chi connectivity index (χ4v) is 1.98. The number of rotatable bonds is 5. The number of nitrogens with zero attached hydrogens (tertiary/aromatic N) is 4. The maximum Gasteiger partial charge on any atom is 0.233 e. The number of hydrogen-bond acceptors (Lipinski definition) is 6. The molecule has 0 amide bonds. The minimum Gasteiger partial charge on any atom is -0.383 e. The van der Waals surface area contributed by atoms with Crippen LogP contribution < -0.4 is 0 Å². The molecule has 0 aliphatic carbocycles. The van der Waals surface area contributed by atoms with E-state index in [2.05, 4.69) is 14.7 Å². The Balaban J connectivity index is 2.31. The van der Waals surface area contributed by atoms with Crippen molar-refractivity contribution in [1.82, 2.24) is 19.4 Å². The first kappa shape index (κ1) is 12.2. The number of methoxy groups -OCH3 is 1.